The molecule has 2 nitrogen and oxygen atoms in total. The third-order valence-electron chi connectivity index (χ3n) is 3.47. The smallest absolute Gasteiger partial charge is 0.255 e. The molecule has 18 heavy (non-hydrogen) atoms. The molecule has 0 unspecified atom stereocenters. The van der Waals surface area contributed by atoms with Crippen LogP contribution in [0.2, 0.25) is 0 Å². The minimum absolute atomic E-state index is 0.151. The number of amides is 1. The lowest BCUT2D eigenvalue weighted by molar-refractivity contribution is 0.0698. The molecule has 1 aromatic rings. The van der Waals surface area contributed by atoms with Gasteiger partial charge < -0.3 is 4.90 Å². The number of alkyl halides is 1. The zero-order valence-electron chi connectivity index (χ0n) is 10.5. The van der Waals surface area contributed by atoms with Crippen molar-refractivity contribution in [2.45, 2.75) is 19.8 Å². The summed E-state index contributed by atoms with van der Waals surface area (Å²) in [4.78, 5) is 14.4. The fourth-order valence-corrected chi connectivity index (χ4v) is 3.33. The Morgan fingerprint density at radius 1 is 1.39 bits per heavy atom. The number of carbonyl (C=O) groups is 1. The van der Waals surface area contributed by atoms with Crippen molar-refractivity contribution in [3.8, 4) is 0 Å². The number of halogens is 2. The second-order valence-electron chi connectivity index (χ2n) is 4.87. The molecule has 0 bridgehead atoms. The molecule has 0 aromatic heterocycles. The van der Waals surface area contributed by atoms with Crippen molar-refractivity contribution in [3.63, 3.8) is 0 Å². The summed E-state index contributed by atoms with van der Waals surface area (Å²) in [6.45, 7) is 3.76. The lowest BCUT2D eigenvalue weighted by Crippen LogP contribution is -2.39. The number of benzene rings is 1. The number of hydrogen-bond donors (Lipinski definition) is 0. The van der Waals surface area contributed by atoms with Gasteiger partial charge >= 0.3 is 0 Å². The van der Waals surface area contributed by atoms with Gasteiger partial charge in [0.2, 0.25) is 0 Å². The molecule has 0 spiro atoms. The molecule has 1 heterocycles. The van der Waals surface area contributed by atoms with Gasteiger partial charge in [-0.1, -0.05) is 27.6 Å². The minimum atomic E-state index is 0.151. The number of rotatable bonds is 2. The summed E-state index contributed by atoms with van der Waals surface area (Å²) in [7, 11) is 0. The predicted molar refractivity (Wildman–Crippen MR) is 81.3 cm³/mol. The lowest BCUT2D eigenvalue weighted by Gasteiger charge is -2.31. The summed E-state index contributed by atoms with van der Waals surface area (Å²) in [5.74, 6) is 0.869. The second-order valence-corrected chi connectivity index (χ2v) is 6.37. The van der Waals surface area contributed by atoms with Crippen LogP contribution in [-0.2, 0) is 0 Å². The highest BCUT2D eigenvalue weighted by Crippen LogP contribution is 2.24. The predicted octanol–water partition coefficient (Wildman–Crippen LogP) is 4.00. The van der Waals surface area contributed by atoms with Crippen molar-refractivity contribution in [3.05, 3.63) is 33.8 Å². The molecular formula is C14H17Br2NO. The maximum atomic E-state index is 12.5. The summed E-state index contributed by atoms with van der Waals surface area (Å²) in [6.07, 6.45) is 2.20. The molecule has 0 saturated carbocycles. The number of nitrogens with zero attached hydrogens (tertiary/aromatic N) is 1. The van der Waals surface area contributed by atoms with Crippen LogP contribution in [0.3, 0.4) is 0 Å². The normalized spacial score (nSPS) is 16.9. The Kier molecular flexibility index (Phi) is 4.84. The summed E-state index contributed by atoms with van der Waals surface area (Å²) < 4.78 is 0.890. The van der Waals surface area contributed by atoms with Crippen LogP contribution >= 0.6 is 31.9 Å². The molecule has 98 valence electrons. The van der Waals surface area contributed by atoms with Gasteiger partial charge in [-0.3, -0.25) is 4.79 Å². The lowest BCUT2D eigenvalue weighted by atomic mass is 9.98. The van der Waals surface area contributed by atoms with Crippen molar-refractivity contribution in [2.24, 2.45) is 5.92 Å². The van der Waals surface area contributed by atoms with E-state index in [1.165, 1.54) is 0 Å². The van der Waals surface area contributed by atoms with Gasteiger partial charge in [-0.25, -0.2) is 0 Å². The highest BCUT2D eigenvalue weighted by molar-refractivity contribution is 9.10. The Hall–Kier alpha value is -0.350. The van der Waals surface area contributed by atoms with Crippen LogP contribution in [0.5, 0.6) is 0 Å². The third-order valence-corrected chi connectivity index (χ3v) is 5.08. The standard InChI is InChI=1S/C14H17Br2NO/c1-10-2-3-13(16)12(8-10)14(18)17-6-4-11(9-15)5-7-17/h2-3,8,11H,4-7,9H2,1H3. The maximum absolute atomic E-state index is 12.5. The van der Waals surface area contributed by atoms with Crippen LogP contribution in [-0.4, -0.2) is 29.2 Å². The van der Waals surface area contributed by atoms with E-state index < -0.39 is 0 Å². The van der Waals surface area contributed by atoms with Crippen LogP contribution < -0.4 is 0 Å². The van der Waals surface area contributed by atoms with Crippen molar-refractivity contribution in [1.82, 2.24) is 4.90 Å². The van der Waals surface area contributed by atoms with E-state index in [0.717, 1.165) is 52.8 Å². The summed E-state index contributed by atoms with van der Waals surface area (Å²) >= 11 is 6.99. The van der Waals surface area contributed by atoms with Crippen LogP contribution in [0, 0.1) is 12.8 Å². The Bertz CT molecular complexity index is 439. The zero-order valence-corrected chi connectivity index (χ0v) is 13.6. The van der Waals surface area contributed by atoms with Gasteiger partial charge in [0.05, 0.1) is 5.56 Å². The number of hydrogen-bond acceptors (Lipinski definition) is 1. The number of piperidine rings is 1. The molecule has 0 aliphatic carbocycles. The Morgan fingerprint density at radius 3 is 2.67 bits per heavy atom. The summed E-state index contributed by atoms with van der Waals surface area (Å²) in [5.41, 5.74) is 1.91. The Balaban J connectivity index is 2.10. The van der Waals surface area contributed by atoms with E-state index in [2.05, 4.69) is 31.9 Å². The van der Waals surface area contributed by atoms with Crippen molar-refractivity contribution >= 4 is 37.8 Å². The van der Waals surface area contributed by atoms with Crippen molar-refractivity contribution in [1.29, 1.82) is 0 Å². The molecule has 1 amide bonds. The minimum Gasteiger partial charge on any atom is -0.339 e. The van der Waals surface area contributed by atoms with Gasteiger partial charge in [-0.2, -0.15) is 0 Å². The van der Waals surface area contributed by atoms with Crippen LogP contribution in [0.1, 0.15) is 28.8 Å². The largest absolute Gasteiger partial charge is 0.339 e. The van der Waals surface area contributed by atoms with Crippen molar-refractivity contribution < 1.29 is 4.79 Å². The van der Waals surface area contributed by atoms with E-state index in [-0.39, 0.29) is 5.91 Å². The molecule has 1 aromatic carbocycles. The van der Waals surface area contributed by atoms with E-state index in [9.17, 15) is 4.79 Å². The van der Waals surface area contributed by atoms with E-state index in [4.69, 9.17) is 0 Å². The van der Waals surface area contributed by atoms with Gasteiger partial charge in [-0.15, -0.1) is 0 Å². The molecule has 0 radical (unpaired) electrons. The van der Waals surface area contributed by atoms with E-state index in [1.807, 2.05) is 30.0 Å². The van der Waals surface area contributed by atoms with Gasteiger partial charge in [0.15, 0.2) is 0 Å². The average molecular weight is 375 g/mol. The average Bonchev–Trinajstić information content (AvgIpc) is 2.41. The third kappa shape index (κ3) is 3.15. The number of aryl methyl sites for hydroxylation is 1. The molecule has 1 fully saturated rings. The SMILES string of the molecule is Cc1ccc(Br)c(C(=O)N2CCC(CBr)CC2)c1. The monoisotopic (exact) mass is 373 g/mol. The first-order valence-electron chi connectivity index (χ1n) is 6.23. The quantitative estimate of drug-likeness (QED) is 0.716. The summed E-state index contributed by atoms with van der Waals surface area (Å²) in [5, 5.41) is 1.04. The van der Waals surface area contributed by atoms with Gasteiger partial charge in [0.1, 0.15) is 0 Å². The van der Waals surface area contributed by atoms with Gasteiger partial charge in [0.25, 0.3) is 5.91 Å². The highest BCUT2D eigenvalue weighted by atomic mass is 79.9. The first-order chi connectivity index (χ1) is 8.61. The topological polar surface area (TPSA) is 20.3 Å². The first kappa shape index (κ1) is 14.1. The fourth-order valence-electron chi connectivity index (χ4n) is 2.26. The number of likely N-dealkylation sites (tertiary alicyclic amines) is 1. The Morgan fingerprint density at radius 2 is 2.06 bits per heavy atom. The first-order valence-corrected chi connectivity index (χ1v) is 8.14. The van der Waals surface area contributed by atoms with E-state index in [0.29, 0.717) is 0 Å². The maximum Gasteiger partial charge on any atom is 0.255 e. The number of carbonyl (C=O) groups excluding carboxylic acids is 1. The molecule has 1 aliphatic rings. The molecule has 0 atom stereocenters. The molecule has 1 aliphatic heterocycles. The van der Waals surface area contributed by atoms with Gasteiger partial charge in [-0.05, 0) is 53.7 Å². The second kappa shape index (κ2) is 6.20. The molecular weight excluding hydrogens is 358 g/mol. The van der Waals surface area contributed by atoms with Gasteiger partial charge in [0, 0.05) is 22.9 Å². The van der Waals surface area contributed by atoms with E-state index >= 15 is 0 Å². The molecule has 2 rings (SSSR count). The molecule has 1 saturated heterocycles. The molecule has 4 heteroatoms. The summed E-state index contributed by atoms with van der Waals surface area (Å²) in [6, 6.07) is 5.93. The van der Waals surface area contributed by atoms with Crippen LogP contribution in [0.15, 0.2) is 22.7 Å². The highest BCUT2D eigenvalue weighted by Gasteiger charge is 2.24. The molecule has 0 N–H and O–H groups in total. The van der Waals surface area contributed by atoms with Crippen LogP contribution in [0.4, 0.5) is 0 Å². The Labute approximate surface area is 125 Å². The van der Waals surface area contributed by atoms with E-state index in [1.54, 1.807) is 0 Å². The van der Waals surface area contributed by atoms with Crippen LogP contribution in [0.25, 0.3) is 0 Å². The van der Waals surface area contributed by atoms with Crippen molar-refractivity contribution in [2.75, 3.05) is 18.4 Å². The fraction of sp³-hybridized carbons (Fsp3) is 0.500. The zero-order chi connectivity index (χ0) is 13.1.